The Kier molecular flexibility index (Phi) is 7.35. The standard InChI is InChI=1S/C32H24O12/c33-25-13-1-14-6-22(30(39)40)8-16(26(14)34)3-18-10-24(32(43)44)12-20(28(18)36)4-19-11-23(31(41)42)9-17(27(19)35)2-15(25)7-21(5-13)29(37)38/h5-12,33-36H,1-4H2,(H,37,38)(H,39,40)(H,41,42)(H,43,44)/p-4. The Balaban J connectivity index is 1.86. The second-order valence-corrected chi connectivity index (χ2v) is 10.4. The largest absolute Gasteiger partial charge is 0.872 e. The highest BCUT2D eigenvalue weighted by molar-refractivity contribution is 5.91. The molecule has 44 heavy (non-hydrogen) atoms. The summed E-state index contributed by atoms with van der Waals surface area (Å²) < 4.78 is 0. The first-order valence-electron chi connectivity index (χ1n) is 13.0. The van der Waals surface area contributed by atoms with Crippen molar-refractivity contribution in [3.05, 3.63) is 115 Å². The van der Waals surface area contributed by atoms with Gasteiger partial charge in [-0.3, -0.25) is 0 Å². The molecule has 8 bridgehead atoms. The SMILES string of the molecule is O=C(O)c1cc2c([O-])c(c1)Cc1cc(C(=O)O)cc(c1[O-])Cc1cc(C(=O)O)cc(c1[O-])Cc1cc(C(=O)O)cc(c1[O-])C2. The third-order valence-electron chi connectivity index (χ3n) is 7.48. The monoisotopic (exact) mass is 596 g/mol. The summed E-state index contributed by atoms with van der Waals surface area (Å²) in [5, 5.41) is 93.0. The first-order chi connectivity index (χ1) is 20.7. The van der Waals surface area contributed by atoms with Crippen LogP contribution in [0.2, 0.25) is 0 Å². The van der Waals surface area contributed by atoms with E-state index in [9.17, 15) is 60.0 Å². The van der Waals surface area contributed by atoms with Crippen LogP contribution in [0.15, 0.2) is 48.5 Å². The molecule has 4 aromatic carbocycles. The zero-order chi connectivity index (χ0) is 32.0. The normalized spacial score (nSPS) is 12.4. The van der Waals surface area contributed by atoms with Crippen LogP contribution in [0.1, 0.15) is 85.9 Å². The highest BCUT2D eigenvalue weighted by Crippen LogP contribution is 2.37. The second-order valence-electron chi connectivity index (χ2n) is 10.4. The lowest BCUT2D eigenvalue weighted by molar-refractivity contribution is -0.271. The van der Waals surface area contributed by atoms with Crippen LogP contribution in [0.5, 0.6) is 23.0 Å². The van der Waals surface area contributed by atoms with Crippen LogP contribution in [-0.4, -0.2) is 44.3 Å². The van der Waals surface area contributed by atoms with E-state index in [1.165, 1.54) is 0 Å². The molecule has 1 aliphatic carbocycles. The fourth-order valence-electron chi connectivity index (χ4n) is 5.38. The quantitative estimate of drug-likeness (QED) is 0.230. The Bertz CT molecular complexity index is 1550. The van der Waals surface area contributed by atoms with E-state index in [0.29, 0.717) is 0 Å². The molecule has 12 heteroatoms. The first-order valence-corrected chi connectivity index (χ1v) is 13.0. The number of carboxylic acids is 4. The lowest BCUT2D eigenvalue weighted by Gasteiger charge is -2.28. The third kappa shape index (κ3) is 5.43. The molecule has 0 saturated heterocycles. The molecule has 0 aliphatic heterocycles. The summed E-state index contributed by atoms with van der Waals surface area (Å²) in [6.45, 7) is 0. The molecule has 5 rings (SSSR count). The molecule has 4 N–H and O–H groups in total. The van der Waals surface area contributed by atoms with Crippen LogP contribution < -0.4 is 20.4 Å². The summed E-state index contributed by atoms with van der Waals surface area (Å²) in [6, 6.07) is 8.22. The number of fused-ring (bicyclic) bond motifs is 8. The Hall–Kier alpha value is -6.04. The number of benzene rings is 4. The highest BCUT2D eigenvalue weighted by Gasteiger charge is 2.19. The van der Waals surface area contributed by atoms with Gasteiger partial charge in [-0.1, -0.05) is 44.5 Å². The number of rotatable bonds is 4. The van der Waals surface area contributed by atoms with Gasteiger partial charge in [0.25, 0.3) is 0 Å². The number of hydrogen-bond donors (Lipinski definition) is 4. The summed E-state index contributed by atoms with van der Waals surface area (Å²) in [5.41, 5.74) is -2.98. The van der Waals surface area contributed by atoms with Crippen molar-refractivity contribution in [2.45, 2.75) is 25.7 Å². The zero-order valence-corrected chi connectivity index (χ0v) is 22.5. The van der Waals surface area contributed by atoms with Crippen molar-refractivity contribution in [2.75, 3.05) is 0 Å². The van der Waals surface area contributed by atoms with E-state index in [0.717, 1.165) is 48.5 Å². The maximum absolute atomic E-state index is 13.5. The van der Waals surface area contributed by atoms with Crippen LogP contribution >= 0.6 is 0 Å². The second kappa shape index (κ2) is 11.0. The summed E-state index contributed by atoms with van der Waals surface area (Å²) in [4.78, 5) is 47.7. The minimum absolute atomic E-state index is 0.195. The number of carbonyl (C=O) groups is 4. The van der Waals surface area contributed by atoms with Gasteiger partial charge in [0, 0.05) is 0 Å². The van der Waals surface area contributed by atoms with Gasteiger partial charge in [0.1, 0.15) is 0 Å². The van der Waals surface area contributed by atoms with Crippen LogP contribution in [0.4, 0.5) is 0 Å². The van der Waals surface area contributed by atoms with Gasteiger partial charge in [0.15, 0.2) is 0 Å². The van der Waals surface area contributed by atoms with E-state index in [4.69, 9.17) is 0 Å². The predicted octanol–water partition coefficient (Wildman–Crippen LogP) is 1.45. The van der Waals surface area contributed by atoms with Crippen LogP contribution in [-0.2, 0) is 25.7 Å². The molecule has 224 valence electrons. The van der Waals surface area contributed by atoms with E-state index in [1.807, 2.05) is 0 Å². The van der Waals surface area contributed by atoms with Gasteiger partial charge < -0.3 is 40.9 Å². The van der Waals surface area contributed by atoms with Gasteiger partial charge >= 0.3 is 23.9 Å². The molecule has 0 fully saturated rings. The summed E-state index contributed by atoms with van der Waals surface area (Å²) in [6.07, 6.45) is -2.02. The Morgan fingerprint density at radius 2 is 0.500 bits per heavy atom. The molecular formula is C32H20O12-4. The summed E-state index contributed by atoms with van der Waals surface area (Å²) >= 11 is 0. The van der Waals surface area contributed by atoms with Crippen LogP contribution in [0.25, 0.3) is 0 Å². The highest BCUT2D eigenvalue weighted by atomic mass is 16.4. The predicted molar refractivity (Wildman–Crippen MR) is 143 cm³/mol. The van der Waals surface area contributed by atoms with Gasteiger partial charge in [-0.2, -0.15) is 0 Å². The maximum atomic E-state index is 13.5. The fourth-order valence-corrected chi connectivity index (χ4v) is 5.38. The van der Waals surface area contributed by atoms with Crippen LogP contribution in [0.3, 0.4) is 0 Å². The molecular weight excluding hydrogens is 576 g/mol. The lowest BCUT2D eigenvalue weighted by atomic mass is 9.88. The van der Waals surface area contributed by atoms with Crippen LogP contribution in [0, 0.1) is 0 Å². The average Bonchev–Trinajstić information content (AvgIpc) is 2.95. The number of aromatic carboxylic acids is 4. The molecule has 0 heterocycles. The lowest BCUT2D eigenvalue weighted by Crippen LogP contribution is -2.14. The fraction of sp³-hybridized carbons (Fsp3) is 0.125. The molecule has 0 atom stereocenters. The van der Waals surface area contributed by atoms with E-state index in [2.05, 4.69) is 0 Å². The van der Waals surface area contributed by atoms with Gasteiger partial charge in [-0.15, -0.1) is 23.0 Å². The number of hydrogen-bond acceptors (Lipinski definition) is 8. The van der Waals surface area contributed by atoms with Crippen molar-refractivity contribution in [3.63, 3.8) is 0 Å². The molecule has 0 amide bonds. The van der Waals surface area contributed by atoms with Crippen molar-refractivity contribution < 1.29 is 60.0 Å². The van der Waals surface area contributed by atoms with Crippen molar-refractivity contribution in [1.29, 1.82) is 0 Å². The number of carboxylic acid groups (broad SMARTS) is 4. The van der Waals surface area contributed by atoms with E-state index in [-0.39, 0.29) is 66.8 Å². The van der Waals surface area contributed by atoms with Gasteiger partial charge in [0.2, 0.25) is 0 Å². The molecule has 0 spiro atoms. The van der Waals surface area contributed by atoms with Crippen molar-refractivity contribution >= 4 is 23.9 Å². The Morgan fingerprint density at radius 1 is 0.364 bits per heavy atom. The van der Waals surface area contributed by atoms with Crippen molar-refractivity contribution in [3.8, 4) is 23.0 Å². The third-order valence-corrected chi connectivity index (χ3v) is 7.48. The summed E-state index contributed by atoms with van der Waals surface area (Å²) in [5.74, 6) is -8.64. The van der Waals surface area contributed by atoms with Gasteiger partial charge in [-0.05, 0) is 74.2 Å². The van der Waals surface area contributed by atoms with E-state index in [1.54, 1.807) is 0 Å². The Morgan fingerprint density at radius 3 is 0.614 bits per heavy atom. The topological polar surface area (TPSA) is 241 Å². The zero-order valence-electron chi connectivity index (χ0n) is 22.5. The average molecular weight is 597 g/mol. The minimum Gasteiger partial charge on any atom is -0.872 e. The minimum atomic E-state index is -1.43. The maximum Gasteiger partial charge on any atom is 0.335 e. The first kappa shape index (κ1) is 29.5. The Labute approximate surface area is 248 Å². The molecule has 0 aromatic heterocycles. The van der Waals surface area contributed by atoms with Gasteiger partial charge in [-0.25, -0.2) is 19.2 Å². The molecule has 4 aromatic rings. The van der Waals surface area contributed by atoms with Gasteiger partial charge in [0.05, 0.1) is 22.3 Å². The summed E-state index contributed by atoms with van der Waals surface area (Å²) in [7, 11) is 0. The van der Waals surface area contributed by atoms with E-state index < -0.39 is 72.6 Å². The smallest absolute Gasteiger partial charge is 0.335 e. The molecule has 1 aliphatic rings. The van der Waals surface area contributed by atoms with Crippen molar-refractivity contribution in [1.82, 2.24) is 0 Å². The molecule has 0 saturated carbocycles. The molecule has 0 unspecified atom stereocenters. The van der Waals surface area contributed by atoms with E-state index >= 15 is 0 Å². The molecule has 0 radical (unpaired) electrons. The molecule has 12 nitrogen and oxygen atoms in total. The van der Waals surface area contributed by atoms with Crippen molar-refractivity contribution in [2.24, 2.45) is 0 Å².